The Hall–Kier alpha value is -5.79. The SMILES string of the molecule is COC(=O)[C@@H](CNC(=O)/C=C/c1ccc(OC(C)=O)c(OC(C)=O)c1)NC(=O)/C=C/c1ccc(OC(C)=O)c(OC(C)=O)c1. The molecule has 0 heterocycles. The van der Waals surface area contributed by atoms with Gasteiger partial charge in [-0.15, -0.1) is 0 Å². The highest BCUT2D eigenvalue weighted by molar-refractivity contribution is 5.96. The molecule has 0 aliphatic carbocycles. The first kappa shape index (κ1) is 34.4. The summed E-state index contributed by atoms with van der Waals surface area (Å²) in [6.07, 6.45) is 4.96. The number of esters is 5. The van der Waals surface area contributed by atoms with Gasteiger partial charge in [0.05, 0.1) is 7.11 Å². The van der Waals surface area contributed by atoms with Crippen molar-refractivity contribution in [3.8, 4) is 23.0 Å². The predicted molar refractivity (Wildman–Crippen MR) is 153 cm³/mol. The largest absolute Gasteiger partial charge is 0.467 e. The molecule has 2 N–H and O–H groups in total. The number of nitrogens with one attached hydrogen (secondary N) is 2. The molecular formula is C30H30N2O12. The number of carbonyl (C=O) groups excluding carboxylic acids is 7. The molecule has 0 saturated carbocycles. The van der Waals surface area contributed by atoms with Crippen LogP contribution >= 0.6 is 0 Å². The van der Waals surface area contributed by atoms with E-state index in [0.29, 0.717) is 11.1 Å². The van der Waals surface area contributed by atoms with Gasteiger partial charge in [-0.1, -0.05) is 12.1 Å². The summed E-state index contributed by atoms with van der Waals surface area (Å²) >= 11 is 0. The van der Waals surface area contributed by atoms with Crippen LogP contribution in [0.1, 0.15) is 38.8 Å². The third-order valence-electron chi connectivity index (χ3n) is 5.09. The summed E-state index contributed by atoms with van der Waals surface area (Å²) in [6.45, 7) is 4.38. The minimum absolute atomic E-state index is 0.00805. The van der Waals surface area contributed by atoms with Crippen LogP contribution in [-0.2, 0) is 38.3 Å². The van der Waals surface area contributed by atoms with E-state index in [0.717, 1.165) is 19.3 Å². The van der Waals surface area contributed by atoms with Crippen LogP contribution in [0.4, 0.5) is 0 Å². The number of hydrogen-bond acceptors (Lipinski definition) is 12. The van der Waals surface area contributed by atoms with Gasteiger partial charge in [-0.2, -0.15) is 0 Å². The number of methoxy groups -OCH3 is 1. The highest BCUT2D eigenvalue weighted by Crippen LogP contribution is 2.30. The van der Waals surface area contributed by atoms with Gasteiger partial charge in [0, 0.05) is 46.4 Å². The minimum atomic E-state index is -1.25. The number of rotatable bonds is 12. The van der Waals surface area contributed by atoms with Gasteiger partial charge >= 0.3 is 29.8 Å². The lowest BCUT2D eigenvalue weighted by molar-refractivity contribution is -0.144. The van der Waals surface area contributed by atoms with Crippen LogP contribution in [0.5, 0.6) is 23.0 Å². The van der Waals surface area contributed by atoms with Crippen molar-refractivity contribution in [2.24, 2.45) is 0 Å². The molecule has 0 bridgehead atoms. The maximum atomic E-state index is 12.5. The molecule has 2 aromatic rings. The second-order valence-electron chi connectivity index (χ2n) is 8.78. The van der Waals surface area contributed by atoms with Crippen LogP contribution in [0, 0.1) is 0 Å². The Morgan fingerprint density at radius 3 is 1.45 bits per heavy atom. The van der Waals surface area contributed by atoms with Crippen LogP contribution in [0.3, 0.4) is 0 Å². The lowest BCUT2D eigenvalue weighted by Gasteiger charge is -2.15. The molecule has 0 aromatic heterocycles. The maximum Gasteiger partial charge on any atom is 0.330 e. The molecule has 0 fully saturated rings. The van der Waals surface area contributed by atoms with Crippen LogP contribution in [0.25, 0.3) is 12.2 Å². The van der Waals surface area contributed by atoms with Crippen molar-refractivity contribution >= 4 is 53.8 Å². The number of benzene rings is 2. The van der Waals surface area contributed by atoms with Crippen molar-refractivity contribution in [2.45, 2.75) is 33.7 Å². The molecule has 2 amide bonds. The van der Waals surface area contributed by atoms with Gasteiger partial charge < -0.3 is 34.3 Å². The fourth-order valence-corrected chi connectivity index (χ4v) is 3.36. The summed E-state index contributed by atoms with van der Waals surface area (Å²) in [4.78, 5) is 82.5. The van der Waals surface area contributed by atoms with Crippen LogP contribution in [0.15, 0.2) is 48.6 Å². The van der Waals surface area contributed by atoms with E-state index in [1.54, 1.807) is 0 Å². The Labute approximate surface area is 251 Å². The first-order valence-electron chi connectivity index (χ1n) is 12.8. The van der Waals surface area contributed by atoms with Crippen LogP contribution < -0.4 is 29.6 Å². The first-order chi connectivity index (χ1) is 20.8. The number of amides is 2. The Morgan fingerprint density at radius 2 is 1.05 bits per heavy atom. The summed E-state index contributed by atoms with van der Waals surface area (Å²) < 4.78 is 24.8. The molecule has 232 valence electrons. The number of carbonyl (C=O) groups is 7. The van der Waals surface area contributed by atoms with Gasteiger partial charge in [-0.25, -0.2) is 4.79 Å². The molecule has 0 spiro atoms. The zero-order valence-electron chi connectivity index (χ0n) is 24.5. The van der Waals surface area contributed by atoms with Gasteiger partial charge in [-0.3, -0.25) is 28.8 Å². The maximum absolute atomic E-state index is 12.5. The lowest BCUT2D eigenvalue weighted by atomic mass is 10.1. The van der Waals surface area contributed by atoms with Crippen LogP contribution in [0.2, 0.25) is 0 Å². The van der Waals surface area contributed by atoms with E-state index in [4.69, 9.17) is 23.7 Å². The fraction of sp³-hybridized carbons (Fsp3) is 0.233. The quantitative estimate of drug-likeness (QED) is 0.202. The molecule has 0 aliphatic rings. The van der Waals surface area contributed by atoms with Crippen LogP contribution in [-0.4, -0.2) is 61.4 Å². The molecular weight excluding hydrogens is 580 g/mol. The van der Waals surface area contributed by atoms with Crippen molar-refractivity contribution in [1.82, 2.24) is 10.6 Å². The van der Waals surface area contributed by atoms with E-state index in [2.05, 4.69) is 10.6 Å². The van der Waals surface area contributed by atoms with Gasteiger partial charge in [0.1, 0.15) is 6.04 Å². The normalized spacial score (nSPS) is 11.3. The summed E-state index contributed by atoms with van der Waals surface area (Å²) in [5.74, 6) is -4.76. The van der Waals surface area contributed by atoms with Crippen molar-refractivity contribution in [1.29, 1.82) is 0 Å². The molecule has 1 atom stereocenters. The smallest absolute Gasteiger partial charge is 0.330 e. The second kappa shape index (κ2) is 16.6. The number of hydrogen-bond donors (Lipinski definition) is 2. The lowest BCUT2D eigenvalue weighted by Crippen LogP contribution is -2.48. The van der Waals surface area contributed by atoms with Crippen molar-refractivity contribution in [3.05, 3.63) is 59.7 Å². The Balaban J connectivity index is 2.07. The highest BCUT2D eigenvalue weighted by atomic mass is 16.6. The Bertz CT molecular complexity index is 1510. The van der Waals surface area contributed by atoms with Gasteiger partial charge in [-0.05, 0) is 47.5 Å². The Morgan fingerprint density at radius 1 is 0.636 bits per heavy atom. The Kier molecular flexibility index (Phi) is 13.0. The third kappa shape index (κ3) is 12.0. The zero-order chi connectivity index (χ0) is 32.8. The van der Waals surface area contributed by atoms with E-state index in [1.807, 2.05) is 0 Å². The molecule has 0 saturated heterocycles. The summed E-state index contributed by atoms with van der Waals surface area (Å²) in [5.41, 5.74) is 0.825. The molecule has 44 heavy (non-hydrogen) atoms. The van der Waals surface area contributed by atoms with E-state index < -0.39 is 47.7 Å². The monoisotopic (exact) mass is 610 g/mol. The molecule has 14 nitrogen and oxygen atoms in total. The van der Waals surface area contributed by atoms with E-state index in [9.17, 15) is 33.6 Å². The minimum Gasteiger partial charge on any atom is -0.467 e. The molecule has 2 aromatic carbocycles. The molecule has 0 aliphatic heterocycles. The number of ether oxygens (including phenoxy) is 5. The molecule has 0 unspecified atom stereocenters. The second-order valence-corrected chi connectivity index (χ2v) is 8.78. The summed E-state index contributed by atoms with van der Waals surface area (Å²) in [7, 11) is 1.11. The fourth-order valence-electron chi connectivity index (χ4n) is 3.36. The average molecular weight is 611 g/mol. The summed E-state index contributed by atoms with van der Waals surface area (Å²) in [6, 6.07) is 7.27. The predicted octanol–water partition coefficient (Wildman–Crippen LogP) is 1.89. The standard InChI is InChI=1S/C30H30N2O12/c1-17(33)41-24-10-6-21(14-26(24)43-19(3)35)8-12-28(37)31-16-23(30(39)40-5)32-29(38)13-9-22-7-11-25(42-18(2)34)27(15-22)44-20(4)36/h6-15,23H,16H2,1-5H3,(H,31,37)(H,32,38)/b12-8+,13-9+/t23-/m1/s1. The highest BCUT2D eigenvalue weighted by Gasteiger charge is 2.21. The molecule has 0 radical (unpaired) electrons. The van der Waals surface area contributed by atoms with E-state index in [1.165, 1.54) is 76.2 Å². The zero-order valence-corrected chi connectivity index (χ0v) is 24.5. The topological polar surface area (TPSA) is 190 Å². The van der Waals surface area contributed by atoms with Gasteiger partial charge in [0.25, 0.3) is 0 Å². The molecule has 2 rings (SSSR count). The van der Waals surface area contributed by atoms with Crippen molar-refractivity contribution < 1.29 is 57.2 Å². The van der Waals surface area contributed by atoms with Crippen molar-refractivity contribution in [3.63, 3.8) is 0 Å². The molecule has 14 heteroatoms. The van der Waals surface area contributed by atoms with Crippen molar-refractivity contribution in [2.75, 3.05) is 13.7 Å². The van der Waals surface area contributed by atoms with Gasteiger partial charge in [0.15, 0.2) is 23.0 Å². The van der Waals surface area contributed by atoms with Gasteiger partial charge in [0.2, 0.25) is 11.8 Å². The average Bonchev–Trinajstić information content (AvgIpc) is 2.93. The van der Waals surface area contributed by atoms with E-state index >= 15 is 0 Å². The summed E-state index contributed by atoms with van der Waals surface area (Å²) in [5, 5.41) is 4.88. The van der Waals surface area contributed by atoms with E-state index in [-0.39, 0.29) is 29.5 Å². The third-order valence-corrected chi connectivity index (χ3v) is 5.09. The first-order valence-corrected chi connectivity index (χ1v) is 12.8.